The van der Waals surface area contributed by atoms with E-state index in [9.17, 15) is 23.3 Å². The van der Waals surface area contributed by atoms with Gasteiger partial charge in [0.05, 0.1) is 23.0 Å². The Balaban J connectivity index is 2.28. The molecule has 0 radical (unpaired) electrons. The number of benzene rings is 2. The zero-order chi connectivity index (χ0) is 20.4. The number of hydrogen-bond donors (Lipinski definition) is 0. The van der Waals surface area contributed by atoms with E-state index in [1.165, 1.54) is 42.3 Å². The molecular weight excluding hydrogens is 372 g/mol. The number of hydrogen-bond acceptors (Lipinski definition) is 6. The minimum absolute atomic E-state index is 0.0728. The smallest absolute Gasteiger partial charge is 0.311 e. The maximum atomic E-state index is 12.7. The Kier molecular flexibility index (Phi) is 5.85. The van der Waals surface area contributed by atoms with Gasteiger partial charge in [0, 0.05) is 24.9 Å². The van der Waals surface area contributed by atoms with Crippen molar-refractivity contribution in [1.82, 2.24) is 4.90 Å². The Bertz CT molecular complexity index is 970. The zero-order valence-electron chi connectivity index (χ0n) is 15.4. The molecule has 0 spiro atoms. The van der Waals surface area contributed by atoms with Crippen molar-refractivity contribution in [2.24, 2.45) is 0 Å². The van der Waals surface area contributed by atoms with Crippen LogP contribution in [0.3, 0.4) is 0 Å². The molecule has 2 aromatic carbocycles. The monoisotopic (exact) mass is 392 g/mol. The Labute approximate surface area is 157 Å². The first kappa shape index (κ1) is 20.4. The molecular formula is C18H20N2O6S. The maximum Gasteiger partial charge on any atom is 0.311 e. The fourth-order valence-electron chi connectivity index (χ4n) is 2.56. The Morgan fingerprint density at radius 1 is 1.19 bits per heavy atom. The quantitative estimate of drug-likeness (QED) is 0.553. The summed E-state index contributed by atoms with van der Waals surface area (Å²) < 4.78 is 28.0. The van der Waals surface area contributed by atoms with Gasteiger partial charge >= 0.3 is 5.69 Å². The van der Waals surface area contributed by atoms with E-state index in [4.69, 9.17) is 4.74 Å². The number of amides is 1. The van der Waals surface area contributed by atoms with Crippen LogP contribution in [0.5, 0.6) is 5.75 Å². The van der Waals surface area contributed by atoms with Crippen molar-refractivity contribution in [3.8, 4) is 5.75 Å². The van der Waals surface area contributed by atoms with Crippen LogP contribution in [0.1, 0.15) is 28.9 Å². The Morgan fingerprint density at radius 2 is 1.78 bits per heavy atom. The van der Waals surface area contributed by atoms with Crippen molar-refractivity contribution in [2.75, 3.05) is 20.4 Å². The van der Waals surface area contributed by atoms with E-state index in [2.05, 4.69) is 0 Å². The Hall–Kier alpha value is -2.94. The number of carbonyl (C=O) groups is 1. The van der Waals surface area contributed by atoms with Gasteiger partial charge in [0.15, 0.2) is 15.6 Å². The highest BCUT2D eigenvalue weighted by Crippen LogP contribution is 2.29. The lowest BCUT2D eigenvalue weighted by Crippen LogP contribution is -2.29. The number of carbonyl (C=O) groups excluding carboxylic acids is 1. The van der Waals surface area contributed by atoms with Gasteiger partial charge in [-0.3, -0.25) is 14.9 Å². The fourth-order valence-corrected chi connectivity index (χ4v) is 3.19. The molecule has 0 aromatic heterocycles. The zero-order valence-corrected chi connectivity index (χ0v) is 16.2. The van der Waals surface area contributed by atoms with Crippen molar-refractivity contribution in [3.63, 3.8) is 0 Å². The molecule has 2 aromatic rings. The normalized spacial score (nSPS) is 12.3. The third-order valence-corrected chi connectivity index (χ3v) is 5.44. The van der Waals surface area contributed by atoms with Crippen LogP contribution in [0.15, 0.2) is 47.4 Å². The molecule has 144 valence electrons. The van der Waals surface area contributed by atoms with Crippen molar-refractivity contribution >= 4 is 21.4 Å². The van der Waals surface area contributed by atoms with Gasteiger partial charge in [-0.25, -0.2) is 8.42 Å². The molecule has 0 saturated carbocycles. The van der Waals surface area contributed by atoms with Gasteiger partial charge in [-0.05, 0) is 36.8 Å². The molecule has 0 fully saturated rings. The second kappa shape index (κ2) is 7.75. The topological polar surface area (TPSA) is 107 Å². The Morgan fingerprint density at radius 3 is 2.26 bits per heavy atom. The summed E-state index contributed by atoms with van der Waals surface area (Å²) in [5.74, 6) is -0.330. The van der Waals surface area contributed by atoms with Crippen LogP contribution in [-0.2, 0) is 9.84 Å². The molecule has 1 unspecified atom stereocenters. The summed E-state index contributed by atoms with van der Waals surface area (Å²) in [5, 5.41) is 11.1. The number of ether oxygens (including phenoxy) is 1. The highest BCUT2D eigenvalue weighted by molar-refractivity contribution is 7.90. The van der Waals surface area contributed by atoms with E-state index in [0.29, 0.717) is 0 Å². The van der Waals surface area contributed by atoms with Gasteiger partial charge in [-0.15, -0.1) is 0 Å². The number of nitrogens with zero attached hydrogens (tertiary/aromatic N) is 2. The molecule has 27 heavy (non-hydrogen) atoms. The average molecular weight is 392 g/mol. The molecule has 0 aliphatic rings. The second-order valence-electron chi connectivity index (χ2n) is 6.08. The second-order valence-corrected chi connectivity index (χ2v) is 8.09. The first-order valence-corrected chi connectivity index (χ1v) is 9.85. The number of nitro benzene ring substituents is 1. The summed E-state index contributed by atoms with van der Waals surface area (Å²) in [7, 11) is -0.406. The highest BCUT2D eigenvalue weighted by atomic mass is 32.2. The van der Waals surface area contributed by atoms with Crippen molar-refractivity contribution in [3.05, 3.63) is 63.7 Å². The lowest BCUT2D eigenvalue weighted by atomic mass is 10.1. The first-order chi connectivity index (χ1) is 12.6. The van der Waals surface area contributed by atoms with Crippen LogP contribution >= 0.6 is 0 Å². The minimum Gasteiger partial charge on any atom is -0.490 e. The molecule has 9 heteroatoms. The molecule has 2 rings (SSSR count). The molecule has 0 heterocycles. The summed E-state index contributed by atoms with van der Waals surface area (Å²) in [6.45, 7) is 1.78. The van der Waals surface area contributed by atoms with Gasteiger partial charge in [0.1, 0.15) is 0 Å². The summed E-state index contributed by atoms with van der Waals surface area (Å²) in [5.41, 5.74) is 0.604. The van der Waals surface area contributed by atoms with Gasteiger partial charge in [-0.1, -0.05) is 12.1 Å². The van der Waals surface area contributed by atoms with Gasteiger partial charge in [0.25, 0.3) is 5.91 Å². The molecule has 0 aliphatic heterocycles. The van der Waals surface area contributed by atoms with Crippen LogP contribution in [0.25, 0.3) is 0 Å². The van der Waals surface area contributed by atoms with E-state index in [0.717, 1.165) is 11.8 Å². The third kappa shape index (κ3) is 4.43. The molecule has 0 bridgehead atoms. The first-order valence-electron chi connectivity index (χ1n) is 7.96. The van der Waals surface area contributed by atoms with Crippen LogP contribution in [-0.4, -0.2) is 44.6 Å². The maximum absolute atomic E-state index is 12.7. The number of sulfone groups is 1. The molecule has 8 nitrogen and oxygen atoms in total. The average Bonchev–Trinajstić information content (AvgIpc) is 2.65. The van der Waals surface area contributed by atoms with Crippen LogP contribution in [0.4, 0.5) is 5.69 Å². The third-order valence-electron chi connectivity index (χ3n) is 4.31. The van der Waals surface area contributed by atoms with E-state index < -0.39 is 20.7 Å². The fraction of sp³-hybridized carbons (Fsp3) is 0.278. The summed E-state index contributed by atoms with van der Waals surface area (Å²) >= 11 is 0. The molecule has 0 saturated heterocycles. The molecule has 1 amide bonds. The van der Waals surface area contributed by atoms with Crippen LogP contribution in [0.2, 0.25) is 0 Å². The lowest BCUT2D eigenvalue weighted by molar-refractivity contribution is -0.385. The SMILES string of the molecule is COc1ccc(C(=O)N(C)C(C)c2ccc(S(C)(=O)=O)cc2)cc1[N+](=O)[O-]. The largest absolute Gasteiger partial charge is 0.490 e. The summed E-state index contributed by atoms with van der Waals surface area (Å²) in [6, 6.07) is 9.90. The van der Waals surface area contributed by atoms with Gasteiger partial charge in [0.2, 0.25) is 0 Å². The van der Waals surface area contributed by atoms with Crippen LogP contribution in [0, 0.1) is 10.1 Å². The summed E-state index contributed by atoms with van der Waals surface area (Å²) in [6.07, 6.45) is 1.12. The standard InChI is InChI=1S/C18H20N2O6S/c1-12(13-5-8-15(9-6-13)27(4,24)25)19(2)18(21)14-7-10-17(26-3)16(11-14)20(22)23/h5-12H,1-4H3. The molecule has 1 atom stereocenters. The van der Waals surface area contributed by atoms with E-state index in [1.807, 2.05) is 0 Å². The number of nitro groups is 1. The van der Waals surface area contributed by atoms with Gasteiger partial charge < -0.3 is 9.64 Å². The highest BCUT2D eigenvalue weighted by Gasteiger charge is 2.23. The van der Waals surface area contributed by atoms with E-state index in [1.54, 1.807) is 26.1 Å². The van der Waals surface area contributed by atoms with E-state index in [-0.39, 0.29) is 27.9 Å². The summed E-state index contributed by atoms with van der Waals surface area (Å²) in [4.78, 5) is 24.9. The number of methoxy groups -OCH3 is 1. The van der Waals surface area contributed by atoms with Gasteiger partial charge in [-0.2, -0.15) is 0 Å². The number of rotatable bonds is 6. The predicted molar refractivity (Wildman–Crippen MR) is 99.7 cm³/mol. The van der Waals surface area contributed by atoms with Crippen molar-refractivity contribution in [1.29, 1.82) is 0 Å². The lowest BCUT2D eigenvalue weighted by Gasteiger charge is -2.25. The molecule has 0 N–H and O–H groups in total. The van der Waals surface area contributed by atoms with Crippen LogP contribution < -0.4 is 4.74 Å². The predicted octanol–water partition coefficient (Wildman–Crippen LogP) is 2.84. The van der Waals surface area contributed by atoms with Crippen molar-refractivity contribution < 1.29 is 22.9 Å². The van der Waals surface area contributed by atoms with Crippen molar-refractivity contribution in [2.45, 2.75) is 17.9 Å². The molecule has 0 aliphatic carbocycles. The van der Waals surface area contributed by atoms with E-state index >= 15 is 0 Å². The minimum atomic E-state index is -3.30.